The highest BCUT2D eigenvalue weighted by atomic mass is 35.5. The van der Waals surface area contributed by atoms with Crippen molar-refractivity contribution in [1.29, 1.82) is 0 Å². The van der Waals surface area contributed by atoms with Crippen LogP contribution >= 0.6 is 11.6 Å². The van der Waals surface area contributed by atoms with Crippen LogP contribution < -0.4 is 5.32 Å². The van der Waals surface area contributed by atoms with E-state index in [1.165, 1.54) is 0 Å². The van der Waals surface area contributed by atoms with Crippen molar-refractivity contribution < 1.29 is 9.21 Å². The highest BCUT2D eigenvalue weighted by Gasteiger charge is 2.26. The van der Waals surface area contributed by atoms with Crippen LogP contribution in [0.5, 0.6) is 0 Å². The van der Waals surface area contributed by atoms with Crippen molar-refractivity contribution >= 4 is 28.5 Å². The summed E-state index contributed by atoms with van der Waals surface area (Å²) in [5.74, 6) is 1.05. The van der Waals surface area contributed by atoms with Gasteiger partial charge in [0.15, 0.2) is 5.58 Å². The molecule has 1 saturated heterocycles. The first-order valence-corrected chi connectivity index (χ1v) is 5.56. The number of carbonyl (C=O) groups excluding carboxylic acids is 1. The molecule has 2 heterocycles. The molecule has 1 unspecified atom stereocenters. The van der Waals surface area contributed by atoms with Crippen molar-refractivity contribution in [2.75, 3.05) is 6.54 Å². The number of hydrogen-bond donors (Lipinski definition) is 1. The predicted molar refractivity (Wildman–Crippen MR) is 61.6 cm³/mol. The topological polar surface area (TPSA) is 42.2 Å². The van der Waals surface area contributed by atoms with Crippen molar-refractivity contribution in [2.45, 2.75) is 12.3 Å². The molecule has 0 saturated carbocycles. The zero-order valence-electron chi connectivity index (χ0n) is 8.50. The van der Waals surface area contributed by atoms with Gasteiger partial charge in [0.2, 0.25) is 5.91 Å². The number of carbonyl (C=O) groups is 1. The van der Waals surface area contributed by atoms with Crippen molar-refractivity contribution in [3.63, 3.8) is 0 Å². The van der Waals surface area contributed by atoms with E-state index in [1.54, 1.807) is 6.07 Å². The van der Waals surface area contributed by atoms with E-state index in [9.17, 15) is 4.79 Å². The zero-order chi connectivity index (χ0) is 11.1. The lowest BCUT2D eigenvalue weighted by atomic mass is 10.1. The Balaban J connectivity index is 2.05. The molecule has 2 aromatic rings. The van der Waals surface area contributed by atoms with E-state index in [0.717, 1.165) is 11.1 Å². The fraction of sp³-hybridized carbons (Fsp3) is 0.250. The summed E-state index contributed by atoms with van der Waals surface area (Å²) >= 11 is 6.03. The second-order valence-corrected chi connectivity index (χ2v) is 4.42. The molecule has 3 rings (SSSR count). The number of halogens is 1. The lowest BCUT2D eigenvalue weighted by molar-refractivity contribution is -0.119. The Morgan fingerprint density at radius 2 is 2.31 bits per heavy atom. The number of para-hydroxylation sites is 1. The second kappa shape index (κ2) is 3.52. The van der Waals surface area contributed by atoms with E-state index in [4.69, 9.17) is 16.0 Å². The van der Waals surface area contributed by atoms with Gasteiger partial charge < -0.3 is 9.73 Å². The smallest absolute Gasteiger partial charge is 0.220 e. The minimum Gasteiger partial charge on any atom is -0.459 e. The van der Waals surface area contributed by atoms with Crippen LogP contribution in [0.25, 0.3) is 11.0 Å². The average molecular weight is 236 g/mol. The molecule has 4 heteroatoms. The van der Waals surface area contributed by atoms with E-state index >= 15 is 0 Å². The fourth-order valence-corrected chi connectivity index (χ4v) is 2.28. The summed E-state index contributed by atoms with van der Waals surface area (Å²) in [6.07, 6.45) is 0.497. The van der Waals surface area contributed by atoms with Crippen LogP contribution in [-0.2, 0) is 4.79 Å². The Morgan fingerprint density at radius 3 is 3.00 bits per heavy atom. The van der Waals surface area contributed by atoms with E-state index in [0.29, 0.717) is 23.6 Å². The molecule has 0 radical (unpaired) electrons. The molecule has 16 heavy (non-hydrogen) atoms. The molecule has 1 aromatic heterocycles. The minimum absolute atomic E-state index is 0.0801. The number of rotatable bonds is 1. The highest BCUT2D eigenvalue weighted by molar-refractivity contribution is 6.34. The molecule has 1 aliphatic heterocycles. The second-order valence-electron chi connectivity index (χ2n) is 4.01. The summed E-state index contributed by atoms with van der Waals surface area (Å²) in [7, 11) is 0. The van der Waals surface area contributed by atoms with E-state index in [1.807, 2.05) is 18.2 Å². The summed E-state index contributed by atoms with van der Waals surface area (Å²) < 4.78 is 5.71. The third-order valence-corrected chi connectivity index (χ3v) is 3.19. The first-order valence-electron chi connectivity index (χ1n) is 5.19. The molecule has 1 N–H and O–H groups in total. The Bertz CT molecular complexity index is 561. The third-order valence-electron chi connectivity index (χ3n) is 2.89. The number of furan rings is 1. The maximum atomic E-state index is 11.1. The average Bonchev–Trinajstić information content (AvgIpc) is 2.84. The molecule has 82 valence electrons. The molecule has 1 aromatic carbocycles. The van der Waals surface area contributed by atoms with Gasteiger partial charge in [-0.1, -0.05) is 23.7 Å². The van der Waals surface area contributed by atoms with Crippen LogP contribution in [0.3, 0.4) is 0 Å². The van der Waals surface area contributed by atoms with Gasteiger partial charge in [0, 0.05) is 24.3 Å². The standard InChI is InChI=1S/C12H10ClNO2/c13-9-3-1-2-7-4-10(16-12(7)9)8-5-11(15)14-6-8/h1-4,8H,5-6H2,(H,14,15). The van der Waals surface area contributed by atoms with Crippen molar-refractivity contribution in [3.8, 4) is 0 Å². The molecule has 1 amide bonds. The van der Waals surface area contributed by atoms with Gasteiger partial charge >= 0.3 is 0 Å². The highest BCUT2D eigenvalue weighted by Crippen LogP contribution is 2.32. The molecule has 3 nitrogen and oxygen atoms in total. The molecule has 1 atom stereocenters. The number of benzene rings is 1. The fourth-order valence-electron chi connectivity index (χ4n) is 2.05. The van der Waals surface area contributed by atoms with Crippen LogP contribution in [-0.4, -0.2) is 12.5 Å². The lowest BCUT2D eigenvalue weighted by Gasteiger charge is -2.00. The number of amides is 1. The summed E-state index contributed by atoms with van der Waals surface area (Å²) in [4.78, 5) is 11.1. The summed E-state index contributed by atoms with van der Waals surface area (Å²) in [6, 6.07) is 7.61. The van der Waals surface area contributed by atoms with Gasteiger partial charge in [0.05, 0.1) is 5.02 Å². The van der Waals surface area contributed by atoms with Crippen molar-refractivity contribution in [2.24, 2.45) is 0 Å². The number of hydrogen-bond acceptors (Lipinski definition) is 2. The Kier molecular flexibility index (Phi) is 2.14. The van der Waals surface area contributed by atoms with Crippen molar-refractivity contribution in [3.05, 3.63) is 35.0 Å². The molecule has 1 fully saturated rings. The third kappa shape index (κ3) is 1.48. The summed E-state index contributed by atoms with van der Waals surface area (Å²) in [6.45, 7) is 0.649. The minimum atomic E-state index is 0.0801. The zero-order valence-corrected chi connectivity index (χ0v) is 9.25. The summed E-state index contributed by atoms with van der Waals surface area (Å²) in [5.41, 5.74) is 0.707. The number of fused-ring (bicyclic) bond motifs is 1. The van der Waals surface area contributed by atoms with Gasteiger partial charge in [-0.3, -0.25) is 4.79 Å². The van der Waals surface area contributed by atoms with Gasteiger partial charge in [-0.25, -0.2) is 0 Å². The van der Waals surface area contributed by atoms with Gasteiger partial charge in [0.25, 0.3) is 0 Å². The Morgan fingerprint density at radius 1 is 1.44 bits per heavy atom. The van der Waals surface area contributed by atoms with E-state index in [-0.39, 0.29) is 11.8 Å². The van der Waals surface area contributed by atoms with E-state index in [2.05, 4.69) is 5.32 Å². The predicted octanol–water partition coefficient (Wildman–Crippen LogP) is 2.69. The van der Waals surface area contributed by atoms with Crippen LogP contribution in [0, 0.1) is 0 Å². The first-order chi connectivity index (χ1) is 7.74. The van der Waals surface area contributed by atoms with E-state index < -0.39 is 0 Å². The molecule has 1 aliphatic rings. The van der Waals surface area contributed by atoms with Crippen LogP contribution in [0.4, 0.5) is 0 Å². The van der Waals surface area contributed by atoms with Crippen LogP contribution in [0.2, 0.25) is 5.02 Å². The van der Waals surface area contributed by atoms with Gasteiger partial charge in [-0.15, -0.1) is 0 Å². The Hall–Kier alpha value is -1.48. The normalized spacial score (nSPS) is 20.3. The maximum Gasteiger partial charge on any atom is 0.220 e. The van der Waals surface area contributed by atoms with Crippen LogP contribution in [0.1, 0.15) is 18.1 Å². The quantitative estimate of drug-likeness (QED) is 0.826. The maximum absolute atomic E-state index is 11.1. The molecule has 0 spiro atoms. The lowest BCUT2D eigenvalue weighted by Crippen LogP contribution is -2.13. The monoisotopic (exact) mass is 235 g/mol. The van der Waals surface area contributed by atoms with Crippen molar-refractivity contribution in [1.82, 2.24) is 5.32 Å². The van der Waals surface area contributed by atoms with Gasteiger partial charge in [0.1, 0.15) is 5.76 Å². The summed E-state index contributed by atoms with van der Waals surface area (Å²) in [5, 5.41) is 4.40. The molecule has 0 aliphatic carbocycles. The number of nitrogens with one attached hydrogen (secondary N) is 1. The first kappa shape index (κ1) is 9.73. The SMILES string of the molecule is O=C1CC(c2cc3cccc(Cl)c3o2)CN1. The Labute approximate surface area is 97.4 Å². The largest absolute Gasteiger partial charge is 0.459 e. The molecular weight excluding hydrogens is 226 g/mol. The molecule has 0 bridgehead atoms. The molecular formula is C12H10ClNO2. The van der Waals surface area contributed by atoms with Gasteiger partial charge in [-0.05, 0) is 12.1 Å². The van der Waals surface area contributed by atoms with Crippen LogP contribution in [0.15, 0.2) is 28.7 Å². The van der Waals surface area contributed by atoms with Gasteiger partial charge in [-0.2, -0.15) is 0 Å².